The summed E-state index contributed by atoms with van der Waals surface area (Å²) >= 11 is 0. The van der Waals surface area contributed by atoms with Gasteiger partial charge in [0.15, 0.2) is 0 Å². The normalized spacial score (nSPS) is 12.6. The second kappa shape index (κ2) is 15.4. The van der Waals surface area contributed by atoms with Crippen LogP contribution in [0, 0.1) is 0 Å². The zero-order valence-corrected chi connectivity index (χ0v) is 19.4. The Morgan fingerprint density at radius 2 is 1.47 bits per heavy atom. The molecule has 0 radical (unpaired) electrons. The average Bonchev–Trinajstić information content (AvgIpc) is 3.19. The van der Waals surface area contributed by atoms with E-state index < -0.39 is 6.09 Å². The van der Waals surface area contributed by atoms with E-state index in [4.69, 9.17) is 9.15 Å². The predicted molar refractivity (Wildman–Crippen MR) is 125 cm³/mol. The molecule has 4 nitrogen and oxygen atoms in total. The van der Waals surface area contributed by atoms with Gasteiger partial charge in [-0.25, -0.2) is 4.79 Å². The topological polar surface area (TPSA) is 51.5 Å². The van der Waals surface area contributed by atoms with Gasteiger partial charge in [-0.3, -0.25) is 0 Å². The lowest BCUT2D eigenvalue weighted by Crippen LogP contribution is -2.23. The van der Waals surface area contributed by atoms with E-state index in [9.17, 15) is 4.79 Å². The molecule has 0 saturated heterocycles. The van der Waals surface area contributed by atoms with Crippen molar-refractivity contribution in [2.24, 2.45) is 0 Å². The largest absolute Gasteiger partial charge is 0.467 e. The zero-order valence-electron chi connectivity index (χ0n) is 19.4. The van der Waals surface area contributed by atoms with Crippen LogP contribution >= 0.6 is 0 Å². The van der Waals surface area contributed by atoms with Gasteiger partial charge in [0.05, 0.1) is 12.8 Å². The maximum absolute atomic E-state index is 11.6. The van der Waals surface area contributed by atoms with E-state index in [1.807, 2.05) is 12.1 Å². The predicted octanol–water partition coefficient (Wildman–Crippen LogP) is 7.65. The summed E-state index contributed by atoms with van der Waals surface area (Å²) in [6.07, 6.45) is 16.6. The lowest BCUT2D eigenvalue weighted by Gasteiger charge is -2.05. The molecule has 0 atom stereocenters. The van der Waals surface area contributed by atoms with E-state index in [1.54, 1.807) is 12.3 Å². The Hall–Kier alpha value is -2.49. The van der Waals surface area contributed by atoms with Crippen molar-refractivity contribution in [1.29, 1.82) is 0 Å². The SMILES string of the molecule is CC(C)=CCCC(C)=CCCC(C)=CCCC(C)=CCOC(=O)NCc1ccco1. The van der Waals surface area contributed by atoms with E-state index in [0.717, 1.165) is 38.5 Å². The van der Waals surface area contributed by atoms with Crippen LogP contribution in [-0.2, 0) is 11.3 Å². The number of rotatable bonds is 13. The fourth-order valence-electron chi connectivity index (χ4n) is 2.87. The molecular formula is C26H39NO3. The number of carbonyl (C=O) groups is 1. The summed E-state index contributed by atoms with van der Waals surface area (Å²) in [7, 11) is 0. The van der Waals surface area contributed by atoms with Gasteiger partial charge in [0.1, 0.15) is 12.4 Å². The molecule has 1 aromatic rings. The molecule has 1 heterocycles. The van der Waals surface area contributed by atoms with Crippen molar-refractivity contribution in [2.45, 2.75) is 79.7 Å². The fraction of sp³-hybridized carbons (Fsp3) is 0.500. The highest BCUT2D eigenvalue weighted by molar-refractivity contribution is 5.67. The van der Waals surface area contributed by atoms with E-state index >= 15 is 0 Å². The van der Waals surface area contributed by atoms with Gasteiger partial charge in [-0.05, 0) is 91.4 Å². The van der Waals surface area contributed by atoms with Gasteiger partial charge >= 0.3 is 6.09 Å². The van der Waals surface area contributed by atoms with Crippen LogP contribution in [-0.4, -0.2) is 12.7 Å². The Balaban J connectivity index is 2.16. The van der Waals surface area contributed by atoms with Crippen molar-refractivity contribution >= 4 is 6.09 Å². The number of hydrogen-bond donors (Lipinski definition) is 1. The average molecular weight is 414 g/mol. The minimum atomic E-state index is -0.435. The third kappa shape index (κ3) is 13.6. The van der Waals surface area contributed by atoms with Gasteiger partial charge in [0.2, 0.25) is 0 Å². The summed E-state index contributed by atoms with van der Waals surface area (Å²) in [5.41, 5.74) is 5.54. The molecule has 0 fully saturated rings. The van der Waals surface area contributed by atoms with Crippen LogP contribution in [0.1, 0.15) is 78.9 Å². The van der Waals surface area contributed by atoms with Crippen molar-refractivity contribution in [1.82, 2.24) is 5.32 Å². The van der Waals surface area contributed by atoms with Crippen LogP contribution in [0.15, 0.2) is 69.4 Å². The molecule has 1 amide bonds. The molecule has 0 unspecified atom stereocenters. The summed E-state index contributed by atoms with van der Waals surface area (Å²) in [5.74, 6) is 0.704. The standard InChI is InChI=1S/C26H39NO3/c1-21(2)10-6-11-22(3)12-7-13-23(4)14-8-15-24(5)17-19-30-26(28)27-20-25-16-9-18-29-25/h9-10,12,14,16-18H,6-8,11,13,15,19-20H2,1-5H3,(H,27,28). The van der Waals surface area contributed by atoms with Crippen molar-refractivity contribution < 1.29 is 13.9 Å². The van der Waals surface area contributed by atoms with Gasteiger partial charge in [-0.2, -0.15) is 0 Å². The molecule has 1 N–H and O–H groups in total. The van der Waals surface area contributed by atoms with Crippen LogP contribution in [0.25, 0.3) is 0 Å². The highest BCUT2D eigenvalue weighted by Crippen LogP contribution is 2.13. The first-order chi connectivity index (χ1) is 14.4. The van der Waals surface area contributed by atoms with Crippen molar-refractivity contribution in [2.75, 3.05) is 6.61 Å². The quantitative estimate of drug-likeness (QED) is 0.338. The zero-order chi connectivity index (χ0) is 22.2. The fourth-order valence-corrected chi connectivity index (χ4v) is 2.87. The third-order valence-electron chi connectivity index (χ3n) is 4.79. The molecule has 4 heteroatoms. The lowest BCUT2D eigenvalue weighted by atomic mass is 10.0. The van der Waals surface area contributed by atoms with Crippen LogP contribution in [0.4, 0.5) is 4.79 Å². The number of amides is 1. The van der Waals surface area contributed by atoms with Crippen molar-refractivity contribution in [3.63, 3.8) is 0 Å². The van der Waals surface area contributed by atoms with Crippen LogP contribution in [0.2, 0.25) is 0 Å². The van der Waals surface area contributed by atoms with Crippen LogP contribution in [0.5, 0.6) is 0 Å². The Bertz CT molecular complexity index is 732. The Kier molecular flexibility index (Phi) is 13.1. The lowest BCUT2D eigenvalue weighted by molar-refractivity contribution is 0.156. The molecular weight excluding hydrogens is 374 g/mol. The molecule has 1 aromatic heterocycles. The highest BCUT2D eigenvalue weighted by atomic mass is 16.5. The Morgan fingerprint density at radius 1 is 0.900 bits per heavy atom. The molecule has 0 aliphatic heterocycles. The van der Waals surface area contributed by atoms with Gasteiger partial charge in [-0.15, -0.1) is 0 Å². The number of ether oxygens (including phenoxy) is 1. The maximum atomic E-state index is 11.6. The third-order valence-corrected chi connectivity index (χ3v) is 4.79. The van der Waals surface area contributed by atoms with Crippen molar-refractivity contribution in [3.8, 4) is 0 Å². The number of allylic oxidation sites excluding steroid dienone is 7. The number of carbonyl (C=O) groups excluding carboxylic acids is 1. The van der Waals surface area contributed by atoms with E-state index in [2.05, 4.69) is 58.2 Å². The Labute approximate surface area is 182 Å². The summed E-state index contributed by atoms with van der Waals surface area (Å²) in [5, 5.41) is 2.66. The van der Waals surface area contributed by atoms with Crippen LogP contribution in [0.3, 0.4) is 0 Å². The van der Waals surface area contributed by atoms with Gasteiger partial charge in [-0.1, -0.05) is 40.5 Å². The number of nitrogens with one attached hydrogen (secondary N) is 1. The smallest absolute Gasteiger partial charge is 0.407 e. The minimum Gasteiger partial charge on any atom is -0.467 e. The Morgan fingerprint density at radius 3 is 2.00 bits per heavy atom. The maximum Gasteiger partial charge on any atom is 0.407 e. The van der Waals surface area contributed by atoms with Gasteiger partial charge in [0.25, 0.3) is 0 Å². The van der Waals surface area contributed by atoms with Gasteiger partial charge in [0, 0.05) is 0 Å². The molecule has 166 valence electrons. The molecule has 0 aliphatic rings. The number of furan rings is 1. The minimum absolute atomic E-state index is 0.287. The van der Waals surface area contributed by atoms with Crippen molar-refractivity contribution in [3.05, 3.63) is 70.8 Å². The molecule has 0 aromatic carbocycles. The second-order valence-corrected chi connectivity index (χ2v) is 8.08. The number of hydrogen-bond acceptors (Lipinski definition) is 3. The first kappa shape index (κ1) is 25.5. The molecule has 1 rings (SSSR count). The number of alkyl carbamates (subject to hydrolysis) is 1. The summed E-state index contributed by atoms with van der Waals surface area (Å²) in [6, 6.07) is 3.60. The summed E-state index contributed by atoms with van der Waals surface area (Å²) in [6.45, 7) is 11.4. The van der Waals surface area contributed by atoms with E-state index in [0.29, 0.717) is 12.3 Å². The molecule has 30 heavy (non-hydrogen) atoms. The molecule has 0 saturated carbocycles. The molecule has 0 spiro atoms. The van der Waals surface area contributed by atoms with E-state index in [-0.39, 0.29) is 6.61 Å². The summed E-state index contributed by atoms with van der Waals surface area (Å²) < 4.78 is 10.3. The first-order valence-corrected chi connectivity index (χ1v) is 10.9. The second-order valence-electron chi connectivity index (χ2n) is 8.08. The highest BCUT2D eigenvalue weighted by Gasteiger charge is 2.02. The monoisotopic (exact) mass is 413 g/mol. The van der Waals surface area contributed by atoms with E-state index in [1.165, 1.54) is 22.3 Å². The first-order valence-electron chi connectivity index (χ1n) is 10.9. The van der Waals surface area contributed by atoms with Crippen LogP contribution < -0.4 is 5.32 Å². The molecule has 0 bridgehead atoms. The molecule has 0 aliphatic carbocycles. The van der Waals surface area contributed by atoms with Gasteiger partial charge < -0.3 is 14.5 Å². The summed E-state index contributed by atoms with van der Waals surface area (Å²) in [4.78, 5) is 11.6.